The molecule has 0 spiro atoms. The third kappa shape index (κ3) is 7.37. The maximum atomic E-state index is 4.70. The van der Waals surface area contributed by atoms with Crippen molar-refractivity contribution in [3.63, 3.8) is 0 Å². The molecule has 0 radical (unpaired) electrons. The fourth-order valence-electron chi connectivity index (χ4n) is 6.83. The van der Waals surface area contributed by atoms with Crippen molar-refractivity contribution in [3.8, 4) is 11.1 Å². The molecular weight excluding hydrogens is 779 g/mol. The number of rotatable bonds is 7. The second-order valence-electron chi connectivity index (χ2n) is 14.0. The van der Waals surface area contributed by atoms with Crippen LogP contribution in [-0.2, 0) is 22.4 Å². The first-order chi connectivity index (χ1) is 23.2. The third-order valence-corrected chi connectivity index (χ3v) is 9.29. The molecule has 1 aromatic heterocycles. The van der Waals surface area contributed by atoms with Gasteiger partial charge in [0.2, 0.25) is 11.4 Å². The molecule has 252 valence electrons. The van der Waals surface area contributed by atoms with E-state index in [2.05, 4.69) is 180 Å². The van der Waals surface area contributed by atoms with Crippen LogP contribution in [-0.4, -0.2) is 15.2 Å². The van der Waals surface area contributed by atoms with Gasteiger partial charge in [0.05, 0.1) is 0 Å². The number of fused-ring (bicyclic) bond motifs is 3. The molecule has 3 nitrogen and oxygen atoms in total. The normalized spacial score (nSPS) is 12.5. The molecule has 2 heterocycles. The van der Waals surface area contributed by atoms with Gasteiger partial charge in [-0.2, -0.15) is 0 Å². The van der Waals surface area contributed by atoms with Gasteiger partial charge < -0.3 is 4.98 Å². The maximum Gasteiger partial charge on any atom is 1.00 e. The number of hydrogen-bond donors (Lipinski definition) is 0. The van der Waals surface area contributed by atoms with Gasteiger partial charge in [0, 0.05) is 22.3 Å². The minimum absolute atomic E-state index is 0. The van der Waals surface area contributed by atoms with E-state index in [-0.39, 0.29) is 22.4 Å². The van der Waals surface area contributed by atoms with Crippen LogP contribution >= 0.6 is 0 Å². The zero-order valence-corrected chi connectivity index (χ0v) is 32.2. The van der Waals surface area contributed by atoms with Crippen LogP contribution in [0.3, 0.4) is 0 Å². The Bertz CT molecular complexity index is 2040. The Morgan fingerprint density at radius 2 is 0.898 bits per heavy atom. The summed E-state index contributed by atoms with van der Waals surface area (Å²) in [7, 11) is 0. The Morgan fingerprint density at radius 1 is 0.469 bits per heavy atom. The van der Waals surface area contributed by atoms with E-state index in [4.69, 9.17) is 4.98 Å². The van der Waals surface area contributed by atoms with E-state index in [9.17, 15) is 0 Å². The quantitative estimate of drug-likeness (QED) is 0.116. The monoisotopic (exact) mass is 827 g/mol. The zero-order valence-electron chi connectivity index (χ0n) is 30.0. The molecule has 6 aromatic rings. The molecule has 0 amide bonds. The molecule has 5 aromatic carbocycles. The molecule has 7 rings (SSSR count). The van der Waals surface area contributed by atoms with Crippen molar-refractivity contribution in [1.82, 2.24) is 4.98 Å². The summed E-state index contributed by atoms with van der Waals surface area (Å²) in [6.45, 7) is 18.2. The summed E-state index contributed by atoms with van der Waals surface area (Å²) in [5.41, 5.74) is 12.7. The Balaban J connectivity index is 0.000000202. The molecule has 0 atom stereocenters. The van der Waals surface area contributed by atoms with E-state index in [1.807, 2.05) is 12.1 Å². The predicted molar refractivity (Wildman–Crippen MR) is 203 cm³/mol. The van der Waals surface area contributed by atoms with Gasteiger partial charge in [-0.1, -0.05) is 174 Å². The van der Waals surface area contributed by atoms with Crippen LogP contribution in [0, 0.1) is 0 Å². The van der Waals surface area contributed by atoms with Crippen LogP contribution in [0.15, 0.2) is 122 Å². The molecule has 1 aliphatic rings. The van der Waals surface area contributed by atoms with E-state index >= 15 is 0 Å². The number of benzene rings is 5. The van der Waals surface area contributed by atoms with Crippen LogP contribution in [0.4, 0.5) is 11.4 Å². The van der Waals surface area contributed by atoms with Crippen molar-refractivity contribution in [3.05, 3.63) is 144 Å². The molecule has 0 bridgehead atoms. The van der Waals surface area contributed by atoms with Crippen LogP contribution in [0.2, 0.25) is 0 Å². The van der Waals surface area contributed by atoms with Crippen molar-refractivity contribution in [2.75, 3.05) is 0 Å². The Kier molecular flexibility index (Phi) is 11.4. The minimum atomic E-state index is 0. The predicted octanol–water partition coefficient (Wildman–Crippen LogP) is 12.4. The molecule has 0 fully saturated rings. The molecule has 4 heteroatoms. The van der Waals surface area contributed by atoms with Gasteiger partial charge in [-0.15, -0.1) is 11.0 Å². The molecule has 0 unspecified atom stereocenters. The summed E-state index contributed by atoms with van der Waals surface area (Å²) in [6.07, 6.45) is 4.32. The van der Waals surface area contributed by atoms with Crippen LogP contribution in [0.5, 0.6) is 0 Å². The summed E-state index contributed by atoms with van der Waals surface area (Å²) < 4.78 is 4.40. The second kappa shape index (κ2) is 15.5. The molecular formula is C45H48AuN3+2. The minimum Gasteiger partial charge on any atom is -0.657 e. The number of para-hydroxylation sites is 3. The standard InChI is InChI=1S/C27H36N2.C18H12N.Au/c1-18(2)22-11-9-12-23(19(3)4)26(22)28-15-16-29(17-28)27-24(20(5)6)13-10-14-25(27)21(7)8;1-2-7-13(8-3-1)14-10-6-12-17-18(14)15-9-4-5-11-16(15)19-17;/h9-16,18-21H,1-8H3;1-12H;/q+2;-1;+1. The van der Waals surface area contributed by atoms with Gasteiger partial charge in [0.15, 0.2) is 0 Å². The molecule has 0 N–H and O–H groups in total. The molecule has 1 aliphatic heterocycles. The smallest absolute Gasteiger partial charge is 0.657 e. The Labute approximate surface area is 308 Å². The van der Waals surface area contributed by atoms with Gasteiger partial charge >= 0.3 is 28.4 Å². The molecule has 0 aliphatic carbocycles. The summed E-state index contributed by atoms with van der Waals surface area (Å²) in [6, 6.07) is 42.2. The van der Waals surface area contributed by atoms with Crippen molar-refractivity contribution >= 4 is 39.2 Å². The van der Waals surface area contributed by atoms with Gasteiger partial charge in [-0.05, 0) is 45.6 Å². The summed E-state index contributed by atoms with van der Waals surface area (Å²) in [4.78, 5) is 4.70. The average molecular weight is 828 g/mol. The molecule has 0 saturated heterocycles. The van der Waals surface area contributed by atoms with Crippen LogP contribution in [0.1, 0.15) is 101 Å². The fourth-order valence-corrected chi connectivity index (χ4v) is 6.83. The van der Waals surface area contributed by atoms with Crippen molar-refractivity contribution < 1.29 is 31.5 Å². The van der Waals surface area contributed by atoms with Crippen molar-refractivity contribution in [2.45, 2.75) is 79.1 Å². The number of nitrogens with zero attached hydrogens (tertiary/aromatic N) is 3. The fraction of sp³-hybridized carbons (Fsp3) is 0.267. The summed E-state index contributed by atoms with van der Waals surface area (Å²) in [5, 5.41) is 2.49. The number of hydrogen-bond acceptors (Lipinski definition) is 0. The second-order valence-corrected chi connectivity index (χ2v) is 14.0. The van der Waals surface area contributed by atoms with Crippen LogP contribution < -0.4 is 4.98 Å². The van der Waals surface area contributed by atoms with Gasteiger partial charge in [0.25, 0.3) is 12.4 Å². The van der Waals surface area contributed by atoms with Gasteiger partial charge in [0.1, 0.15) is 0 Å². The van der Waals surface area contributed by atoms with Crippen LogP contribution in [0.25, 0.3) is 32.9 Å². The number of aromatic nitrogens is 1. The largest absolute Gasteiger partial charge is 1.00 e. The molecule has 0 saturated carbocycles. The topological polar surface area (TPSA) is 20.1 Å². The first-order valence-corrected chi connectivity index (χ1v) is 17.4. The van der Waals surface area contributed by atoms with Gasteiger partial charge in [-0.25, -0.2) is 0 Å². The zero-order chi connectivity index (χ0) is 33.9. The average Bonchev–Trinajstić information content (AvgIpc) is 3.73. The van der Waals surface area contributed by atoms with E-state index in [1.54, 1.807) is 0 Å². The van der Waals surface area contributed by atoms with E-state index in [1.165, 1.54) is 55.5 Å². The third-order valence-electron chi connectivity index (χ3n) is 9.29. The van der Waals surface area contributed by atoms with E-state index in [0.717, 1.165) is 11.0 Å². The van der Waals surface area contributed by atoms with E-state index < -0.39 is 0 Å². The van der Waals surface area contributed by atoms with Gasteiger partial charge in [-0.3, -0.25) is 0 Å². The summed E-state index contributed by atoms with van der Waals surface area (Å²) in [5.74, 6) is 1.84. The molecule has 49 heavy (non-hydrogen) atoms. The Hall–Kier alpha value is -4.24. The summed E-state index contributed by atoms with van der Waals surface area (Å²) >= 11 is 0. The van der Waals surface area contributed by atoms with Crippen molar-refractivity contribution in [1.29, 1.82) is 0 Å². The maximum absolute atomic E-state index is 4.70. The van der Waals surface area contributed by atoms with E-state index in [0.29, 0.717) is 23.7 Å². The van der Waals surface area contributed by atoms with Crippen molar-refractivity contribution in [2.24, 2.45) is 0 Å². The Morgan fingerprint density at radius 3 is 1.39 bits per heavy atom. The first-order valence-electron chi connectivity index (χ1n) is 17.4. The SMILES string of the molecule is CC(C)c1cccc(C(C)C)c1[N+]1=C=[N+](c2c(C(C)C)cccc2C(C)C)C=C1.[Au+].c1ccc(-c2cccc3[n-]c4ccccc4c23)cc1. The first kappa shape index (κ1) is 36.1.